The van der Waals surface area contributed by atoms with E-state index in [2.05, 4.69) is 56.1 Å². The summed E-state index contributed by atoms with van der Waals surface area (Å²) in [6.07, 6.45) is 4.53. The number of ether oxygens (including phenoxy) is 1. The topological polar surface area (TPSA) is 12.5 Å². The van der Waals surface area contributed by atoms with Gasteiger partial charge in [-0.05, 0) is 36.7 Å². The fourth-order valence-electron chi connectivity index (χ4n) is 2.35. The second kappa shape index (κ2) is 6.05. The molecule has 1 atom stereocenters. The first-order valence-electron chi connectivity index (χ1n) is 6.74. The SMILES string of the molecule is Cc1cccc(C(C)/C=C\N2CCOCC2)c1C. The van der Waals surface area contributed by atoms with Crippen molar-refractivity contribution in [3.05, 3.63) is 47.2 Å². The zero-order valence-electron chi connectivity index (χ0n) is 11.6. The molecule has 2 rings (SSSR count). The predicted octanol–water partition coefficient (Wildman–Crippen LogP) is 3.25. The zero-order chi connectivity index (χ0) is 13.0. The molecule has 1 aromatic rings. The molecule has 1 aromatic carbocycles. The largest absolute Gasteiger partial charge is 0.378 e. The fourth-order valence-corrected chi connectivity index (χ4v) is 2.35. The highest BCUT2D eigenvalue weighted by Gasteiger charge is 2.09. The molecule has 0 N–H and O–H groups in total. The lowest BCUT2D eigenvalue weighted by Gasteiger charge is -2.25. The highest BCUT2D eigenvalue weighted by molar-refractivity contribution is 5.37. The molecule has 1 aliphatic heterocycles. The molecule has 2 heteroatoms. The first-order chi connectivity index (χ1) is 8.68. The van der Waals surface area contributed by atoms with Crippen molar-refractivity contribution in [3.8, 4) is 0 Å². The molecule has 0 amide bonds. The van der Waals surface area contributed by atoms with Gasteiger partial charge in [-0.3, -0.25) is 0 Å². The summed E-state index contributed by atoms with van der Waals surface area (Å²) in [7, 11) is 0. The van der Waals surface area contributed by atoms with Gasteiger partial charge in [-0.25, -0.2) is 0 Å². The molecule has 98 valence electrons. The number of rotatable bonds is 3. The average molecular weight is 245 g/mol. The Hall–Kier alpha value is -1.28. The molecule has 1 heterocycles. The molecule has 1 aliphatic rings. The van der Waals surface area contributed by atoms with Gasteiger partial charge in [0, 0.05) is 19.0 Å². The Morgan fingerprint density at radius 3 is 2.67 bits per heavy atom. The van der Waals surface area contributed by atoms with E-state index in [9.17, 15) is 0 Å². The third-order valence-corrected chi connectivity index (χ3v) is 3.77. The van der Waals surface area contributed by atoms with Gasteiger partial charge in [0.25, 0.3) is 0 Å². The van der Waals surface area contributed by atoms with Crippen LogP contribution in [0.4, 0.5) is 0 Å². The van der Waals surface area contributed by atoms with Crippen molar-refractivity contribution >= 4 is 0 Å². The van der Waals surface area contributed by atoms with E-state index >= 15 is 0 Å². The van der Waals surface area contributed by atoms with E-state index in [1.54, 1.807) is 0 Å². The number of benzene rings is 1. The van der Waals surface area contributed by atoms with Crippen LogP contribution in [0.5, 0.6) is 0 Å². The monoisotopic (exact) mass is 245 g/mol. The standard InChI is InChI=1S/C16H23NO/c1-13-5-4-6-16(15(13)3)14(2)7-8-17-9-11-18-12-10-17/h4-8,14H,9-12H2,1-3H3/b8-7-. The molecule has 0 saturated carbocycles. The van der Waals surface area contributed by atoms with Crippen LogP contribution in [0.3, 0.4) is 0 Å². The Morgan fingerprint density at radius 2 is 1.94 bits per heavy atom. The van der Waals surface area contributed by atoms with Crippen molar-refractivity contribution in [2.24, 2.45) is 0 Å². The van der Waals surface area contributed by atoms with E-state index in [4.69, 9.17) is 4.74 Å². The molecule has 0 spiro atoms. The van der Waals surface area contributed by atoms with E-state index in [0.717, 1.165) is 26.3 Å². The predicted molar refractivity (Wildman–Crippen MR) is 75.9 cm³/mol. The zero-order valence-corrected chi connectivity index (χ0v) is 11.6. The first kappa shape index (κ1) is 13.2. The number of hydrogen-bond acceptors (Lipinski definition) is 2. The first-order valence-corrected chi connectivity index (χ1v) is 6.74. The highest BCUT2D eigenvalue weighted by atomic mass is 16.5. The van der Waals surface area contributed by atoms with Gasteiger partial charge in [0.15, 0.2) is 0 Å². The van der Waals surface area contributed by atoms with Gasteiger partial charge < -0.3 is 9.64 Å². The Kier molecular flexibility index (Phi) is 4.43. The summed E-state index contributed by atoms with van der Waals surface area (Å²) in [5.74, 6) is 0.466. The van der Waals surface area contributed by atoms with Crippen LogP contribution in [0, 0.1) is 13.8 Å². The van der Waals surface area contributed by atoms with Gasteiger partial charge in [0.2, 0.25) is 0 Å². The molecule has 0 radical (unpaired) electrons. The summed E-state index contributed by atoms with van der Waals surface area (Å²) in [5, 5.41) is 0. The maximum absolute atomic E-state index is 5.35. The molecule has 1 unspecified atom stereocenters. The normalized spacial score (nSPS) is 18.3. The summed E-state index contributed by atoms with van der Waals surface area (Å²) in [4.78, 5) is 2.34. The fraction of sp³-hybridized carbons (Fsp3) is 0.500. The lowest BCUT2D eigenvalue weighted by Crippen LogP contribution is -2.32. The number of nitrogens with zero attached hydrogens (tertiary/aromatic N) is 1. The van der Waals surface area contributed by atoms with E-state index in [-0.39, 0.29) is 0 Å². The van der Waals surface area contributed by atoms with Gasteiger partial charge in [-0.2, -0.15) is 0 Å². The quantitative estimate of drug-likeness (QED) is 0.810. The van der Waals surface area contributed by atoms with Crippen LogP contribution in [0.1, 0.15) is 29.5 Å². The smallest absolute Gasteiger partial charge is 0.0642 e. The minimum absolute atomic E-state index is 0.466. The molecular formula is C16H23NO. The third-order valence-electron chi connectivity index (χ3n) is 3.77. The number of hydrogen-bond donors (Lipinski definition) is 0. The molecule has 18 heavy (non-hydrogen) atoms. The number of morpholine rings is 1. The molecule has 0 aromatic heterocycles. The Bertz CT molecular complexity index is 419. The molecule has 0 aliphatic carbocycles. The van der Waals surface area contributed by atoms with Crippen LogP contribution in [-0.2, 0) is 4.74 Å². The van der Waals surface area contributed by atoms with Crippen LogP contribution in [0.15, 0.2) is 30.5 Å². The van der Waals surface area contributed by atoms with Crippen molar-refractivity contribution in [2.75, 3.05) is 26.3 Å². The van der Waals surface area contributed by atoms with Crippen molar-refractivity contribution in [2.45, 2.75) is 26.7 Å². The van der Waals surface area contributed by atoms with Crippen LogP contribution >= 0.6 is 0 Å². The maximum atomic E-state index is 5.35. The summed E-state index contributed by atoms with van der Waals surface area (Å²) in [6.45, 7) is 10.4. The Labute approximate surface area is 110 Å². The van der Waals surface area contributed by atoms with E-state index < -0.39 is 0 Å². The summed E-state index contributed by atoms with van der Waals surface area (Å²) < 4.78 is 5.35. The van der Waals surface area contributed by atoms with Crippen molar-refractivity contribution in [1.29, 1.82) is 0 Å². The molecule has 1 saturated heterocycles. The van der Waals surface area contributed by atoms with Crippen LogP contribution in [0.2, 0.25) is 0 Å². The minimum Gasteiger partial charge on any atom is -0.378 e. The van der Waals surface area contributed by atoms with Crippen molar-refractivity contribution in [1.82, 2.24) is 4.90 Å². The lowest BCUT2D eigenvalue weighted by molar-refractivity contribution is 0.0592. The van der Waals surface area contributed by atoms with E-state index in [1.807, 2.05) is 0 Å². The third kappa shape index (κ3) is 3.14. The van der Waals surface area contributed by atoms with E-state index in [1.165, 1.54) is 16.7 Å². The number of aryl methyl sites for hydroxylation is 1. The Balaban J connectivity index is 2.04. The van der Waals surface area contributed by atoms with Crippen molar-refractivity contribution < 1.29 is 4.74 Å². The van der Waals surface area contributed by atoms with Gasteiger partial charge in [0.1, 0.15) is 0 Å². The van der Waals surface area contributed by atoms with E-state index in [0.29, 0.717) is 5.92 Å². The highest BCUT2D eigenvalue weighted by Crippen LogP contribution is 2.23. The number of allylic oxidation sites excluding steroid dienone is 1. The van der Waals surface area contributed by atoms with Crippen LogP contribution < -0.4 is 0 Å². The minimum atomic E-state index is 0.466. The average Bonchev–Trinajstić information content (AvgIpc) is 2.40. The molecular weight excluding hydrogens is 222 g/mol. The second-order valence-corrected chi connectivity index (χ2v) is 5.07. The van der Waals surface area contributed by atoms with Crippen LogP contribution in [0.25, 0.3) is 0 Å². The maximum Gasteiger partial charge on any atom is 0.0642 e. The van der Waals surface area contributed by atoms with Gasteiger partial charge in [-0.1, -0.05) is 31.2 Å². The summed E-state index contributed by atoms with van der Waals surface area (Å²) >= 11 is 0. The molecule has 2 nitrogen and oxygen atoms in total. The van der Waals surface area contributed by atoms with Crippen molar-refractivity contribution in [3.63, 3.8) is 0 Å². The summed E-state index contributed by atoms with van der Waals surface area (Å²) in [5.41, 5.74) is 4.22. The van der Waals surface area contributed by atoms with Gasteiger partial charge in [0.05, 0.1) is 13.2 Å². The molecule has 1 fully saturated rings. The second-order valence-electron chi connectivity index (χ2n) is 5.07. The molecule has 0 bridgehead atoms. The van der Waals surface area contributed by atoms with Gasteiger partial charge in [-0.15, -0.1) is 0 Å². The van der Waals surface area contributed by atoms with Gasteiger partial charge >= 0.3 is 0 Å². The van der Waals surface area contributed by atoms with Crippen LogP contribution in [-0.4, -0.2) is 31.2 Å². The summed E-state index contributed by atoms with van der Waals surface area (Å²) in [6, 6.07) is 6.56. The lowest BCUT2D eigenvalue weighted by atomic mass is 9.93. The Morgan fingerprint density at radius 1 is 1.22 bits per heavy atom.